The van der Waals surface area contributed by atoms with E-state index in [1.54, 1.807) is 0 Å². The number of carbonyl (C=O) groups is 1. The van der Waals surface area contributed by atoms with Crippen LogP contribution in [-0.2, 0) is 4.79 Å². The zero-order valence-electron chi connectivity index (χ0n) is 7.76. The second-order valence-electron chi connectivity index (χ2n) is 3.34. The van der Waals surface area contributed by atoms with Crippen LogP contribution in [0.15, 0.2) is 0 Å². The Morgan fingerprint density at radius 2 is 2.00 bits per heavy atom. The van der Waals surface area contributed by atoms with Gasteiger partial charge in [0.1, 0.15) is 5.78 Å². The molecule has 2 N–H and O–H groups in total. The molecular weight excluding hydrogens is 138 g/mol. The first kappa shape index (κ1) is 10.6. The zero-order valence-corrected chi connectivity index (χ0v) is 7.76. The molecule has 0 aromatic carbocycles. The van der Waals surface area contributed by atoms with Crippen LogP contribution >= 0.6 is 0 Å². The number of carbonyl (C=O) groups excluding carboxylic acids is 1. The second kappa shape index (κ2) is 5.30. The lowest BCUT2D eigenvalue weighted by molar-refractivity contribution is -0.122. The minimum Gasteiger partial charge on any atom is -0.328 e. The highest BCUT2D eigenvalue weighted by Crippen LogP contribution is 2.09. The van der Waals surface area contributed by atoms with Crippen molar-refractivity contribution in [1.29, 1.82) is 0 Å². The average Bonchev–Trinajstić information content (AvgIpc) is 1.86. The van der Waals surface area contributed by atoms with Crippen molar-refractivity contribution >= 4 is 5.78 Å². The first-order valence-electron chi connectivity index (χ1n) is 4.36. The second-order valence-corrected chi connectivity index (χ2v) is 3.34. The SMILES string of the molecule is CCCC(C)C(=O)CC(C)N. The van der Waals surface area contributed by atoms with Crippen LogP contribution in [0.25, 0.3) is 0 Å². The summed E-state index contributed by atoms with van der Waals surface area (Å²) < 4.78 is 0. The summed E-state index contributed by atoms with van der Waals surface area (Å²) in [5.41, 5.74) is 5.51. The molecule has 2 nitrogen and oxygen atoms in total. The topological polar surface area (TPSA) is 43.1 Å². The maximum Gasteiger partial charge on any atom is 0.137 e. The van der Waals surface area contributed by atoms with Crippen molar-refractivity contribution in [3.8, 4) is 0 Å². The smallest absolute Gasteiger partial charge is 0.137 e. The molecule has 0 fully saturated rings. The first-order chi connectivity index (χ1) is 5.07. The van der Waals surface area contributed by atoms with Crippen molar-refractivity contribution in [2.24, 2.45) is 11.7 Å². The predicted octanol–water partition coefficient (Wildman–Crippen LogP) is 1.73. The Morgan fingerprint density at radius 3 is 2.36 bits per heavy atom. The first-order valence-corrected chi connectivity index (χ1v) is 4.36. The molecule has 2 atom stereocenters. The molecule has 0 aromatic heterocycles. The summed E-state index contributed by atoms with van der Waals surface area (Å²) in [7, 11) is 0. The Morgan fingerprint density at radius 1 is 1.45 bits per heavy atom. The molecule has 0 bridgehead atoms. The molecular formula is C9H19NO. The third-order valence-electron chi connectivity index (χ3n) is 1.79. The number of ketones is 1. The van der Waals surface area contributed by atoms with Crippen molar-refractivity contribution < 1.29 is 4.79 Å². The van der Waals surface area contributed by atoms with Crippen LogP contribution in [0.1, 0.15) is 40.0 Å². The molecule has 11 heavy (non-hydrogen) atoms. The minimum absolute atomic E-state index is 0.0156. The van der Waals surface area contributed by atoms with Gasteiger partial charge in [0, 0.05) is 18.4 Å². The van der Waals surface area contributed by atoms with Crippen LogP contribution in [-0.4, -0.2) is 11.8 Å². The van der Waals surface area contributed by atoms with Crippen molar-refractivity contribution in [2.45, 2.75) is 46.1 Å². The summed E-state index contributed by atoms with van der Waals surface area (Å²) in [4.78, 5) is 11.3. The standard InChI is InChI=1S/C9H19NO/c1-4-5-7(2)9(11)6-8(3)10/h7-8H,4-6,10H2,1-3H3. The van der Waals surface area contributed by atoms with Gasteiger partial charge in [0.25, 0.3) is 0 Å². The number of Topliss-reactive ketones (excluding diaryl/α,β-unsaturated/α-hetero) is 1. The van der Waals surface area contributed by atoms with Crippen molar-refractivity contribution in [2.75, 3.05) is 0 Å². The van der Waals surface area contributed by atoms with Crippen LogP contribution in [0, 0.1) is 5.92 Å². The largest absolute Gasteiger partial charge is 0.328 e. The molecule has 0 aliphatic carbocycles. The molecule has 2 heteroatoms. The van der Waals surface area contributed by atoms with E-state index in [1.807, 2.05) is 13.8 Å². The summed E-state index contributed by atoms with van der Waals surface area (Å²) in [6.07, 6.45) is 2.60. The third-order valence-corrected chi connectivity index (χ3v) is 1.79. The Bertz CT molecular complexity index is 121. The summed E-state index contributed by atoms with van der Waals surface area (Å²) in [5, 5.41) is 0. The van der Waals surface area contributed by atoms with E-state index in [1.165, 1.54) is 0 Å². The molecule has 0 aliphatic rings. The Labute approximate surface area is 69.2 Å². The quantitative estimate of drug-likeness (QED) is 0.660. The van der Waals surface area contributed by atoms with Gasteiger partial charge in [-0.2, -0.15) is 0 Å². The fraction of sp³-hybridized carbons (Fsp3) is 0.889. The average molecular weight is 157 g/mol. The molecule has 66 valence electrons. The molecule has 0 amide bonds. The Hall–Kier alpha value is -0.370. The third kappa shape index (κ3) is 4.96. The highest BCUT2D eigenvalue weighted by molar-refractivity contribution is 5.81. The Balaban J connectivity index is 3.64. The maximum atomic E-state index is 11.3. The van der Waals surface area contributed by atoms with Gasteiger partial charge in [-0.05, 0) is 13.3 Å². The van der Waals surface area contributed by atoms with E-state index in [4.69, 9.17) is 5.73 Å². The molecule has 0 saturated carbocycles. The molecule has 0 aromatic rings. The van der Waals surface area contributed by atoms with Gasteiger partial charge in [-0.15, -0.1) is 0 Å². The number of nitrogens with two attached hydrogens (primary N) is 1. The summed E-state index contributed by atoms with van der Waals surface area (Å²) in [5.74, 6) is 0.507. The molecule has 2 unspecified atom stereocenters. The molecule has 0 saturated heterocycles. The van der Waals surface area contributed by atoms with Crippen LogP contribution < -0.4 is 5.73 Å². The van der Waals surface area contributed by atoms with E-state index >= 15 is 0 Å². The summed E-state index contributed by atoms with van der Waals surface area (Å²) >= 11 is 0. The van der Waals surface area contributed by atoms with Gasteiger partial charge in [-0.25, -0.2) is 0 Å². The van der Waals surface area contributed by atoms with E-state index in [9.17, 15) is 4.79 Å². The van der Waals surface area contributed by atoms with Gasteiger partial charge in [-0.1, -0.05) is 20.3 Å². The zero-order chi connectivity index (χ0) is 8.85. The number of hydrogen-bond donors (Lipinski definition) is 1. The van der Waals surface area contributed by atoms with Crippen LogP contribution in [0.2, 0.25) is 0 Å². The monoisotopic (exact) mass is 157 g/mol. The molecule has 0 radical (unpaired) electrons. The number of hydrogen-bond acceptors (Lipinski definition) is 2. The van der Waals surface area contributed by atoms with Crippen LogP contribution in [0.5, 0.6) is 0 Å². The molecule has 0 spiro atoms. The highest BCUT2D eigenvalue weighted by Gasteiger charge is 2.12. The van der Waals surface area contributed by atoms with Gasteiger partial charge >= 0.3 is 0 Å². The van der Waals surface area contributed by atoms with Crippen LogP contribution in [0.3, 0.4) is 0 Å². The lowest BCUT2D eigenvalue weighted by Crippen LogP contribution is -2.23. The fourth-order valence-electron chi connectivity index (χ4n) is 1.11. The van der Waals surface area contributed by atoms with Gasteiger partial charge in [0.2, 0.25) is 0 Å². The van der Waals surface area contributed by atoms with Gasteiger partial charge < -0.3 is 5.73 Å². The molecule has 0 rings (SSSR count). The fourth-order valence-corrected chi connectivity index (χ4v) is 1.11. The van der Waals surface area contributed by atoms with E-state index in [-0.39, 0.29) is 12.0 Å². The van der Waals surface area contributed by atoms with Crippen molar-refractivity contribution in [1.82, 2.24) is 0 Å². The van der Waals surface area contributed by atoms with E-state index in [0.29, 0.717) is 12.2 Å². The molecule has 0 heterocycles. The van der Waals surface area contributed by atoms with Crippen molar-refractivity contribution in [3.63, 3.8) is 0 Å². The van der Waals surface area contributed by atoms with Crippen molar-refractivity contribution in [3.05, 3.63) is 0 Å². The maximum absolute atomic E-state index is 11.3. The summed E-state index contributed by atoms with van der Waals surface area (Å²) in [6, 6.07) is 0.0156. The van der Waals surface area contributed by atoms with E-state index in [0.717, 1.165) is 12.8 Å². The highest BCUT2D eigenvalue weighted by atomic mass is 16.1. The Kier molecular flexibility index (Phi) is 5.12. The molecule has 0 aliphatic heterocycles. The number of rotatable bonds is 5. The van der Waals surface area contributed by atoms with E-state index < -0.39 is 0 Å². The van der Waals surface area contributed by atoms with Gasteiger partial charge in [0.15, 0.2) is 0 Å². The van der Waals surface area contributed by atoms with Gasteiger partial charge in [-0.3, -0.25) is 4.79 Å². The van der Waals surface area contributed by atoms with Crippen LogP contribution in [0.4, 0.5) is 0 Å². The van der Waals surface area contributed by atoms with E-state index in [2.05, 4.69) is 6.92 Å². The normalized spacial score (nSPS) is 16.0. The van der Waals surface area contributed by atoms with Gasteiger partial charge in [0.05, 0.1) is 0 Å². The predicted molar refractivity (Wildman–Crippen MR) is 47.3 cm³/mol. The minimum atomic E-state index is 0.0156. The lowest BCUT2D eigenvalue weighted by atomic mass is 9.97. The lowest BCUT2D eigenvalue weighted by Gasteiger charge is -2.10. The summed E-state index contributed by atoms with van der Waals surface area (Å²) in [6.45, 7) is 5.94.